The number of ether oxygens (including phenoxy) is 3. The summed E-state index contributed by atoms with van der Waals surface area (Å²) in [5.41, 5.74) is 1.17. The summed E-state index contributed by atoms with van der Waals surface area (Å²) in [4.78, 5) is 6.55. The molecule has 0 bridgehead atoms. The lowest BCUT2D eigenvalue weighted by molar-refractivity contribution is 0.172. The van der Waals surface area contributed by atoms with Crippen LogP contribution in [0.2, 0.25) is 0 Å². The van der Waals surface area contributed by atoms with Crippen molar-refractivity contribution in [2.45, 2.75) is 19.4 Å². The lowest BCUT2D eigenvalue weighted by atomic mass is 10.1. The van der Waals surface area contributed by atoms with Crippen LogP contribution in [0.25, 0.3) is 0 Å². The van der Waals surface area contributed by atoms with Gasteiger partial charge in [0.15, 0.2) is 5.96 Å². The minimum atomic E-state index is 0. The molecule has 0 aliphatic carbocycles. The van der Waals surface area contributed by atoms with Gasteiger partial charge in [0.2, 0.25) is 0 Å². The molecule has 1 aromatic carbocycles. The third-order valence-electron chi connectivity index (χ3n) is 4.24. The second kappa shape index (κ2) is 13.2. The maximum absolute atomic E-state index is 5.76. The monoisotopic (exact) mass is 477 g/mol. The summed E-state index contributed by atoms with van der Waals surface area (Å²) in [6.45, 7) is 4.79. The van der Waals surface area contributed by atoms with Crippen LogP contribution in [0.4, 0.5) is 0 Å². The highest BCUT2D eigenvalue weighted by molar-refractivity contribution is 14.0. The van der Waals surface area contributed by atoms with E-state index in [0.29, 0.717) is 19.1 Å². The molecule has 0 amide bonds. The molecule has 1 aromatic rings. The number of aliphatic imine (C=N–C) groups is 1. The molecular formula is C19H32IN3O3. The van der Waals surface area contributed by atoms with Crippen LogP contribution < -0.4 is 10.1 Å². The van der Waals surface area contributed by atoms with Crippen molar-refractivity contribution in [1.29, 1.82) is 0 Å². The van der Waals surface area contributed by atoms with Crippen LogP contribution in [0, 0.1) is 5.92 Å². The van der Waals surface area contributed by atoms with E-state index >= 15 is 0 Å². The van der Waals surface area contributed by atoms with Gasteiger partial charge < -0.3 is 24.4 Å². The molecule has 2 rings (SSSR count). The summed E-state index contributed by atoms with van der Waals surface area (Å²) in [7, 11) is 5.60. The van der Waals surface area contributed by atoms with Crippen molar-refractivity contribution in [2.24, 2.45) is 10.9 Å². The highest BCUT2D eigenvalue weighted by atomic mass is 127. The maximum atomic E-state index is 5.76. The molecule has 1 N–H and O–H groups in total. The molecule has 1 atom stereocenters. The molecule has 1 aliphatic heterocycles. The van der Waals surface area contributed by atoms with Gasteiger partial charge in [-0.1, -0.05) is 12.1 Å². The normalized spacial score (nSPS) is 16.9. The smallest absolute Gasteiger partial charge is 0.193 e. The van der Waals surface area contributed by atoms with Crippen molar-refractivity contribution in [3.8, 4) is 5.75 Å². The van der Waals surface area contributed by atoms with Crippen molar-refractivity contribution in [3.05, 3.63) is 29.8 Å². The number of nitrogens with zero attached hydrogens (tertiary/aromatic N) is 2. The minimum absolute atomic E-state index is 0. The van der Waals surface area contributed by atoms with E-state index in [1.807, 2.05) is 19.2 Å². The van der Waals surface area contributed by atoms with Crippen LogP contribution in [0.1, 0.15) is 18.4 Å². The van der Waals surface area contributed by atoms with E-state index in [2.05, 4.69) is 34.4 Å². The topological polar surface area (TPSA) is 55.3 Å². The molecule has 7 heteroatoms. The molecule has 1 unspecified atom stereocenters. The number of hydrogen-bond acceptors (Lipinski definition) is 4. The van der Waals surface area contributed by atoms with E-state index in [1.54, 1.807) is 7.11 Å². The number of rotatable bonds is 9. The lowest BCUT2D eigenvalue weighted by Gasteiger charge is -2.24. The fraction of sp³-hybridized carbons (Fsp3) is 0.632. The van der Waals surface area contributed by atoms with E-state index in [-0.39, 0.29) is 24.0 Å². The van der Waals surface area contributed by atoms with E-state index in [9.17, 15) is 0 Å². The largest absolute Gasteiger partial charge is 0.493 e. The van der Waals surface area contributed by atoms with Gasteiger partial charge in [-0.3, -0.25) is 4.99 Å². The zero-order valence-electron chi connectivity index (χ0n) is 16.1. The summed E-state index contributed by atoms with van der Waals surface area (Å²) in [6.07, 6.45) is 2.02. The lowest BCUT2D eigenvalue weighted by Crippen LogP contribution is -2.41. The molecule has 1 saturated heterocycles. The quantitative estimate of drug-likeness (QED) is 0.257. The van der Waals surface area contributed by atoms with Crippen molar-refractivity contribution in [2.75, 3.05) is 54.2 Å². The first-order chi connectivity index (χ1) is 12.2. The Hall–Kier alpha value is -1.06. The number of benzene rings is 1. The summed E-state index contributed by atoms with van der Waals surface area (Å²) < 4.78 is 16.2. The van der Waals surface area contributed by atoms with Crippen LogP contribution in [0.15, 0.2) is 29.3 Å². The van der Waals surface area contributed by atoms with Crippen molar-refractivity contribution in [3.63, 3.8) is 0 Å². The van der Waals surface area contributed by atoms with Crippen LogP contribution in [-0.2, 0) is 16.0 Å². The molecule has 26 heavy (non-hydrogen) atoms. The first-order valence-corrected chi connectivity index (χ1v) is 8.93. The van der Waals surface area contributed by atoms with Crippen LogP contribution in [0.5, 0.6) is 5.75 Å². The molecule has 0 spiro atoms. The van der Waals surface area contributed by atoms with Crippen molar-refractivity contribution >= 4 is 29.9 Å². The molecule has 148 valence electrons. The molecule has 1 aliphatic rings. The summed E-state index contributed by atoms with van der Waals surface area (Å²) >= 11 is 0. The highest BCUT2D eigenvalue weighted by Crippen LogP contribution is 2.15. The van der Waals surface area contributed by atoms with Gasteiger partial charge >= 0.3 is 0 Å². The predicted molar refractivity (Wildman–Crippen MR) is 116 cm³/mol. The zero-order chi connectivity index (χ0) is 17.9. The Bertz CT molecular complexity index is 537. The fourth-order valence-corrected chi connectivity index (χ4v) is 2.91. The first-order valence-electron chi connectivity index (χ1n) is 8.93. The van der Waals surface area contributed by atoms with Gasteiger partial charge in [0.1, 0.15) is 5.75 Å². The Kier molecular flexibility index (Phi) is 11.6. The van der Waals surface area contributed by atoms with Gasteiger partial charge in [-0.2, -0.15) is 0 Å². The van der Waals surface area contributed by atoms with Gasteiger partial charge in [-0.25, -0.2) is 0 Å². The summed E-state index contributed by atoms with van der Waals surface area (Å²) in [5.74, 6) is 2.38. The van der Waals surface area contributed by atoms with Gasteiger partial charge in [0.05, 0.1) is 13.2 Å². The average Bonchev–Trinajstić information content (AvgIpc) is 3.13. The van der Waals surface area contributed by atoms with Crippen molar-refractivity contribution in [1.82, 2.24) is 10.2 Å². The van der Waals surface area contributed by atoms with Crippen molar-refractivity contribution < 1.29 is 14.2 Å². The molecule has 1 heterocycles. The summed E-state index contributed by atoms with van der Waals surface area (Å²) in [5, 5.41) is 3.42. The molecular weight excluding hydrogens is 445 g/mol. The summed E-state index contributed by atoms with van der Waals surface area (Å²) in [6, 6.07) is 8.16. The number of hydrogen-bond donors (Lipinski definition) is 1. The Morgan fingerprint density at radius 1 is 1.38 bits per heavy atom. The molecule has 0 aromatic heterocycles. The maximum Gasteiger partial charge on any atom is 0.193 e. The first kappa shape index (κ1) is 23.0. The number of nitrogens with one attached hydrogen (secondary N) is 1. The molecule has 0 saturated carbocycles. The van der Waals surface area contributed by atoms with Crippen LogP contribution >= 0.6 is 24.0 Å². The average molecular weight is 477 g/mol. The van der Waals surface area contributed by atoms with E-state index in [0.717, 1.165) is 50.9 Å². The SMILES string of the molecule is CN=C(NCc1cccc(OCCCOC)c1)N(C)CC1CCOC1.I. The Morgan fingerprint density at radius 3 is 2.92 bits per heavy atom. The zero-order valence-corrected chi connectivity index (χ0v) is 18.4. The second-order valence-corrected chi connectivity index (χ2v) is 6.35. The molecule has 6 nitrogen and oxygen atoms in total. The number of halogens is 1. The Labute approximate surface area is 174 Å². The minimum Gasteiger partial charge on any atom is -0.493 e. The van der Waals surface area contributed by atoms with Gasteiger partial charge in [-0.05, 0) is 24.1 Å². The predicted octanol–water partition coefficient (Wildman–Crippen LogP) is 2.76. The molecule has 0 radical (unpaired) electrons. The van der Waals surface area contributed by atoms with E-state index in [1.165, 1.54) is 5.56 Å². The van der Waals surface area contributed by atoms with E-state index < -0.39 is 0 Å². The van der Waals surface area contributed by atoms with E-state index in [4.69, 9.17) is 14.2 Å². The van der Waals surface area contributed by atoms with Gasteiger partial charge in [0.25, 0.3) is 0 Å². The second-order valence-electron chi connectivity index (χ2n) is 6.35. The Balaban J connectivity index is 0.00000338. The highest BCUT2D eigenvalue weighted by Gasteiger charge is 2.18. The van der Waals surface area contributed by atoms with Crippen LogP contribution in [0.3, 0.4) is 0 Å². The number of methoxy groups -OCH3 is 1. The third kappa shape index (κ3) is 8.09. The third-order valence-corrected chi connectivity index (χ3v) is 4.24. The fourth-order valence-electron chi connectivity index (χ4n) is 2.91. The molecule has 1 fully saturated rings. The van der Waals surface area contributed by atoms with Gasteiger partial charge in [-0.15, -0.1) is 24.0 Å². The standard InChI is InChI=1S/C19H31N3O3.HI/c1-20-19(22(2)14-17-8-11-24-15-17)21-13-16-6-4-7-18(12-16)25-10-5-9-23-3;/h4,6-7,12,17H,5,8-11,13-15H2,1-3H3,(H,20,21);1H. The number of guanidine groups is 1. The van der Waals surface area contributed by atoms with Gasteiger partial charge in [0, 0.05) is 59.8 Å². The van der Waals surface area contributed by atoms with Crippen LogP contribution in [-0.4, -0.2) is 65.0 Å². The Morgan fingerprint density at radius 2 is 2.23 bits per heavy atom.